The van der Waals surface area contributed by atoms with Crippen LogP contribution in [0.15, 0.2) is 24.3 Å². The van der Waals surface area contributed by atoms with Crippen LogP contribution in [0.2, 0.25) is 0 Å². The van der Waals surface area contributed by atoms with Gasteiger partial charge in [-0.25, -0.2) is 0 Å². The quantitative estimate of drug-likeness (QED) is 0.491. The number of ether oxygens (including phenoxy) is 1. The predicted octanol–water partition coefficient (Wildman–Crippen LogP) is 1.76. The van der Waals surface area contributed by atoms with E-state index in [4.69, 9.17) is 4.74 Å². The number of hydrogen-bond acceptors (Lipinski definition) is 1. The van der Waals surface area contributed by atoms with Crippen LogP contribution in [0.1, 0.15) is 6.92 Å². The molecule has 2 aliphatic heterocycles. The average molecular weight is 160 g/mol. The lowest BCUT2D eigenvalue weighted by Gasteiger charge is -2.26. The number of fused-ring (bicyclic) bond motifs is 5. The standard InChI is InChI=1S/C11H12O/c1-11-5-4-6-7-2-3-8(12-7)10(11)9(6)11/h2-10H,1H3/t6?,7-,8+,9+,10?,11?/m1/s1. The van der Waals surface area contributed by atoms with Gasteiger partial charge in [0.25, 0.3) is 0 Å². The molecular formula is C11H12O. The molecule has 4 rings (SSSR count). The minimum Gasteiger partial charge on any atom is -0.366 e. The van der Waals surface area contributed by atoms with Gasteiger partial charge in [-0.2, -0.15) is 0 Å². The van der Waals surface area contributed by atoms with E-state index in [1.165, 1.54) is 0 Å². The van der Waals surface area contributed by atoms with E-state index in [-0.39, 0.29) is 0 Å². The summed E-state index contributed by atoms with van der Waals surface area (Å²) in [5.74, 6) is 2.42. The lowest BCUT2D eigenvalue weighted by Crippen LogP contribution is -2.29. The molecule has 1 nitrogen and oxygen atoms in total. The second kappa shape index (κ2) is 1.44. The highest BCUT2D eigenvalue weighted by Crippen LogP contribution is 2.72. The summed E-state index contributed by atoms with van der Waals surface area (Å²) in [6.45, 7) is 2.39. The van der Waals surface area contributed by atoms with Gasteiger partial charge in [-0.05, 0) is 11.3 Å². The van der Waals surface area contributed by atoms with Gasteiger partial charge in [0.2, 0.25) is 0 Å². The van der Waals surface area contributed by atoms with Crippen molar-refractivity contribution in [3.05, 3.63) is 24.3 Å². The van der Waals surface area contributed by atoms with Crippen molar-refractivity contribution < 1.29 is 4.74 Å². The van der Waals surface area contributed by atoms with Gasteiger partial charge in [0, 0.05) is 11.8 Å². The Morgan fingerprint density at radius 3 is 2.83 bits per heavy atom. The lowest BCUT2D eigenvalue weighted by molar-refractivity contribution is -0.0121. The summed E-state index contributed by atoms with van der Waals surface area (Å²) in [4.78, 5) is 0. The first-order valence-corrected chi connectivity index (χ1v) is 4.84. The Bertz CT molecular complexity index is 317. The molecule has 4 aliphatic rings. The number of rotatable bonds is 0. The fourth-order valence-electron chi connectivity index (χ4n) is 3.70. The Morgan fingerprint density at radius 1 is 1.08 bits per heavy atom. The lowest BCUT2D eigenvalue weighted by atomic mass is 9.96. The highest BCUT2D eigenvalue weighted by molar-refractivity contribution is 5.37. The maximum Gasteiger partial charge on any atom is 0.0830 e. The SMILES string of the molecule is CC12C=CC3[C@H]1C2[C@@H]1C=C[C@H]3O1. The maximum absolute atomic E-state index is 5.89. The van der Waals surface area contributed by atoms with E-state index in [1.807, 2.05) is 0 Å². The maximum atomic E-state index is 5.89. The van der Waals surface area contributed by atoms with E-state index in [1.54, 1.807) is 0 Å². The number of allylic oxidation sites excluding steroid dienone is 1. The zero-order valence-electron chi connectivity index (χ0n) is 7.10. The predicted molar refractivity (Wildman–Crippen MR) is 45.5 cm³/mol. The summed E-state index contributed by atoms with van der Waals surface area (Å²) >= 11 is 0. The molecule has 6 atom stereocenters. The summed E-state index contributed by atoms with van der Waals surface area (Å²) in [6.07, 6.45) is 10.2. The molecule has 1 saturated carbocycles. The first-order chi connectivity index (χ1) is 5.81. The van der Waals surface area contributed by atoms with Crippen LogP contribution in [-0.4, -0.2) is 12.2 Å². The van der Waals surface area contributed by atoms with E-state index >= 15 is 0 Å². The minimum absolute atomic E-state index is 0.414. The molecule has 0 radical (unpaired) electrons. The van der Waals surface area contributed by atoms with Gasteiger partial charge in [0.05, 0.1) is 12.2 Å². The smallest absolute Gasteiger partial charge is 0.0830 e. The topological polar surface area (TPSA) is 9.23 Å². The van der Waals surface area contributed by atoms with Crippen LogP contribution >= 0.6 is 0 Å². The van der Waals surface area contributed by atoms with Crippen molar-refractivity contribution in [2.24, 2.45) is 23.2 Å². The largest absolute Gasteiger partial charge is 0.366 e. The van der Waals surface area contributed by atoms with E-state index in [2.05, 4.69) is 31.2 Å². The van der Waals surface area contributed by atoms with Crippen molar-refractivity contribution in [2.75, 3.05) is 0 Å². The number of hydrogen-bond donors (Lipinski definition) is 0. The molecule has 2 bridgehead atoms. The van der Waals surface area contributed by atoms with Gasteiger partial charge in [0.15, 0.2) is 0 Å². The van der Waals surface area contributed by atoms with Gasteiger partial charge in [0.1, 0.15) is 0 Å². The van der Waals surface area contributed by atoms with Crippen LogP contribution in [0.25, 0.3) is 0 Å². The molecule has 2 heterocycles. The first kappa shape index (κ1) is 5.98. The van der Waals surface area contributed by atoms with Gasteiger partial charge >= 0.3 is 0 Å². The average Bonchev–Trinajstić information content (AvgIpc) is 2.51. The summed E-state index contributed by atoms with van der Waals surface area (Å²) in [5.41, 5.74) is 0.509. The summed E-state index contributed by atoms with van der Waals surface area (Å²) in [6, 6.07) is 0. The van der Waals surface area contributed by atoms with Crippen LogP contribution in [0.3, 0.4) is 0 Å². The molecule has 2 aliphatic carbocycles. The van der Waals surface area contributed by atoms with Gasteiger partial charge in [-0.3, -0.25) is 0 Å². The van der Waals surface area contributed by atoms with E-state index in [0.717, 1.165) is 11.8 Å². The highest BCUT2D eigenvalue weighted by atomic mass is 16.5. The normalized spacial score (nSPS) is 68.6. The van der Waals surface area contributed by atoms with E-state index in [0.29, 0.717) is 23.5 Å². The molecular weight excluding hydrogens is 148 g/mol. The molecule has 0 aromatic rings. The van der Waals surface area contributed by atoms with E-state index < -0.39 is 0 Å². The Hall–Kier alpha value is -0.560. The van der Waals surface area contributed by atoms with Crippen LogP contribution in [-0.2, 0) is 4.74 Å². The molecule has 0 spiro atoms. The second-order valence-electron chi connectivity index (χ2n) is 4.80. The summed E-state index contributed by atoms with van der Waals surface area (Å²) in [5, 5.41) is 0. The monoisotopic (exact) mass is 160 g/mol. The fourth-order valence-corrected chi connectivity index (χ4v) is 3.70. The van der Waals surface area contributed by atoms with Gasteiger partial charge in [-0.1, -0.05) is 31.2 Å². The first-order valence-electron chi connectivity index (χ1n) is 4.84. The fraction of sp³-hybridized carbons (Fsp3) is 0.636. The Balaban J connectivity index is 1.91. The van der Waals surface area contributed by atoms with Crippen LogP contribution in [0.4, 0.5) is 0 Å². The summed E-state index contributed by atoms with van der Waals surface area (Å²) < 4.78 is 5.89. The molecule has 0 aromatic heterocycles. The van der Waals surface area contributed by atoms with Crippen LogP contribution in [0.5, 0.6) is 0 Å². The molecule has 1 heteroatoms. The highest BCUT2D eigenvalue weighted by Gasteiger charge is 2.71. The van der Waals surface area contributed by atoms with E-state index in [9.17, 15) is 0 Å². The third kappa shape index (κ3) is 0.411. The van der Waals surface area contributed by atoms with Crippen molar-refractivity contribution in [3.8, 4) is 0 Å². The van der Waals surface area contributed by atoms with Crippen molar-refractivity contribution in [1.82, 2.24) is 0 Å². The zero-order chi connectivity index (χ0) is 7.92. The third-order valence-electron chi connectivity index (χ3n) is 4.34. The molecule has 62 valence electrons. The van der Waals surface area contributed by atoms with Crippen molar-refractivity contribution >= 4 is 0 Å². The molecule has 12 heavy (non-hydrogen) atoms. The van der Waals surface area contributed by atoms with Crippen LogP contribution in [0, 0.1) is 23.2 Å². The van der Waals surface area contributed by atoms with Gasteiger partial charge < -0.3 is 4.74 Å². The van der Waals surface area contributed by atoms with Crippen LogP contribution < -0.4 is 0 Å². The van der Waals surface area contributed by atoms with Gasteiger partial charge in [-0.15, -0.1) is 0 Å². The Labute approximate surface area is 72.1 Å². The van der Waals surface area contributed by atoms with Crippen molar-refractivity contribution in [1.29, 1.82) is 0 Å². The second-order valence-corrected chi connectivity index (χ2v) is 4.80. The molecule has 0 N–H and O–H groups in total. The molecule has 3 unspecified atom stereocenters. The zero-order valence-corrected chi connectivity index (χ0v) is 7.10. The molecule has 0 amide bonds. The Morgan fingerprint density at radius 2 is 1.92 bits per heavy atom. The molecule has 2 fully saturated rings. The van der Waals surface area contributed by atoms with Crippen molar-refractivity contribution in [3.63, 3.8) is 0 Å². The third-order valence-corrected chi connectivity index (χ3v) is 4.34. The summed E-state index contributed by atoms with van der Waals surface area (Å²) in [7, 11) is 0. The minimum atomic E-state index is 0.414. The van der Waals surface area contributed by atoms with Crippen molar-refractivity contribution in [2.45, 2.75) is 19.1 Å². The molecule has 1 saturated heterocycles. The molecule has 0 aromatic carbocycles. The Kier molecular flexibility index (Phi) is 0.716.